The van der Waals surface area contributed by atoms with Crippen molar-refractivity contribution in [3.63, 3.8) is 0 Å². The molecule has 0 aliphatic rings. The summed E-state index contributed by atoms with van der Waals surface area (Å²) in [5.41, 5.74) is 2.90. The number of aromatic nitrogens is 3. The second-order valence-corrected chi connectivity index (χ2v) is 8.45. The van der Waals surface area contributed by atoms with Crippen LogP contribution in [0.5, 0.6) is 5.88 Å². The van der Waals surface area contributed by atoms with Crippen molar-refractivity contribution in [3.8, 4) is 27.8 Å². The van der Waals surface area contributed by atoms with E-state index >= 15 is 0 Å². The quantitative estimate of drug-likeness (QED) is 0.538. The van der Waals surface area contributed by atoms with Crippen LogP contribution in [0.3, 0.4) is 0 Å². The van der Waals surface area contributed by atoms with Gasteiger partial charge in [0.1, 0.15) is 16.4 Å². The molecule has 0 N–H and O–H groups in total. The van der Waals surface area contributed by atoms with Crippen LogP contribution in [0.25, 0.3) is 22.0 Å². The predicted molar refractivity (Wildman–Crippen MR) is 105 cm³/mol. The van der Waals surface area contributed by atoms with E-state index in [1.807, 2.05) is 22.9 Å². The van der Waals surface area contributed by atoms with Crippen molar-refractivity contribution < 1.29 is 4.74 Å². The standard InChI is InChI=1S/C18H20N4OS2/c1-18(2,3)7-8-23-15-6-5-12(9-20-15)16-21-13(10-24-16)14-11-25-17(19-4)22-14/h5-6,9-11H,4,7-8H2,1-3H3. The normalized spacial score (nSPS) is 11.5. The molecule has 130 valence electrons. The zero-order valence-electron chi connectivity index (χ0n) is 14.5. The van der Waals surface area contributed by atoms with Crippen LogP contribution in [-0.2, 0) is 0 Å². The Morgan fingerprint density at radius 2 is 1.88 bits per heavy atom. The lowest BCUT2D eigenvalue weighted by Gasteiger charge is -2.17. The topological polar surface area (TPSA) is 60.3 Å². The number of ether oxygens (including phenoxy) is 1. The van der Waals surface area contributed by atoms with Crippen LogP contribution in [0.15, 0.2) is 34.1 Å². The number of thiazole rings is 2. The van der Waals surface area contributed by atoms with Crippen LogP contribution in [-0.4, -0.2) is 28.3 Å². The molecule has 0 radical (unpaired) electrons. The SMILES string of the molecule is C=Nc1nc(-c2csc(-c3ccc(OCCC(C)(C)C)nc3)n2)cs1. The Morgan fingerprint density at radius 1 is 1.12 bits per heavy atom. The van der Waals surface area contributed by atoms with Crippen LogP contribution in [0.2, 0.25) is 0 Å². The Morgan fingerprint density at radius 3 is 2.52 bits per heavy atom. The fourth-order valence-electron chi connectivity index (χ4n) is 2.03. The molecule has 3 aromatic heterocycles. The van der Waals surface area contributed by atoms with Crippen molar-refractivity contribution in [1.29, 1.82) is 0 Å². The van der Waals surface area contributed by atoms with Gasteiger partial charge in [-0.25, -0.2) is 19.9 Å². The first kappa shape index (κ1) is 17.7. The number of nitrogens with zero attached hydrogens (tertiary/aromatic N) is 4. The van der Waals surface area contributed by atoms with Gasteiger partial charge in [0, 0.05) is 28.6 Å². The Balaban J connectivity index is 1.67. The van der Waals surface area contributed by atoms with Gasteiger partial charge in [-0.1, -0.05) is 20.8 Å². The van der Waals surface area contributed by atoms with Gasteiger partial charge in [-0.15, -0.1) is 22.7 Å². The predicted octanol–water partition coefficient (Wildman–Crippen LogP) is 5.48. The molecule has 0 unspecified atom stereocenters. The second-order valence-electron chi connectivity index (χ2n) is 6.76. The molecule has 5 nitrogen and oxygen atoms in total. The zero-order valence-corrected chi connectivity index (χ0v) is 16.2. The summed E-state index contributed by atoms with van der Waals surface area (Å²) in [4.78, 5) is 17.2. The van der Waals surface area contributed by atoms with Gasteiger partial charge >= 0.3 is 0 Å². The minimum absolute atomic E-state index is 0.258. The van der Waals surface area contributed by atoms with E-state index in [4.69, 9.17) is 4.74 Å². The minimum atomic E-state index is 0.258. The van der Waals surface area contributed by atoms with Gasteiger partial charge in [0.2, 0.25) is 11.0 Å². The molecule has 0 aliphatic carbocycles. The lowest BCUT2D eigenvalue weighted by Crippen LogP contribution is -2.11. The summed E-state index contributed by atoms with van der Waals surface area (Å²) in [5.74, 6) is 0.644. The number of hydrogen-bond acceptors (Lipinski definition) is 7. The summed E-state index contributed by atoms with van der Waals surface area (Å²) in [5, 5.41) is 5.49. The second kappa shape index (κ2) is 7.41. The van der Waals surface area contributed by atoms with E-state index in [9.17, 15) is 0 Å². The van der Waals surface area contributed by atoms with E-state index in [0.29, 0.717) is 17.6 Å². The maximum atomic E-state index is 5.71. The van der Waals surface area contributed by atoms with Crippen LogP contribution >= 0.6 is 22.7 Å². The van der Waals surface area contributed by atoms with Crippen molar-refractivity contribution >= 4 is 34.5 Å². The molecule has 3 aromatic rings. The molecule has 0 atom stereocenters. The number of pyridine rings is 1. The fourth-order valence-corrected chi connectivity index (χ4v) is 3.45. The van der Waals surface area contributed by atoms with Gasteiger partial charge in [-0.3, -0.25) is 0 Å². The number of rotatable bonds is 6. The molecule has 3 rings (SSSR count). The van der Waals surface area contributed by atoms with Gasteiger partial charge in [-0.05, 0) is 24.6 Å². The highest BCUT2D eigenvalue weighted by molar-refractivity contribution is 7.14. The van der Waals surface area contributed by atoms with E-state index in [1.54, 1.807) is 17.5 Å². The molecule has 0 aromatic carbocycles. The van der Waals surface area contributed by atoms with Crippen molar-refractivity contribution in [2.75, 3.05) is 6.61 Å². The summed E-state index contributed by atoms with van der Waals surface area (Å²) in [6.07, 6.45) is 2.79. The molecular weight excluding hydrogens is 352 g/mol. The molecule has 3 heterocycles. The van der Waals surface area contributed by atoms with Gasteiger partial charge in [-0.2, -0.15) is 0 Å². The first-order valence-corrected chi connectivity index (χ1v) is 9.68. The highest BCUT2D eigenvalue weighted by Gasteiger charge is 2.12. The summed E-state index contributed by atoms with van der Waals surface area (Å²) in [6, 6.07) is 3.88. The van der Waals surface area contributed by atoms with Gasteiger partial charge < -0.3 is 4.74 Å². The lowest BCUT2D eigenvalue weighted by molar-refractivity contribution is 0.236. The molecule has 0 bridgehead atoms. The van der Waals surface area contributed by atoms with E-state index in [0.717, 1.165) is 28.4 Å². The zero-order chi connectivity index (χ0) is 17.9. The molecule has 0 amide bonds. The van der Waals surface area contributed by atoms with Gasteiger partial charge in [0.05, 0.1) is 6.61 Å². The van der Waals surface area contributed by atoms with Crippen LogP contribution in [0, 0.1) is 5.41 Å². The largest absolute Gasteiger partial charge is 0.478 e. The highest BCUT2D eigenvalue weighted by Crippen LogP contribution is 2.31. The molecule has 0 spiro atoms. The fraction of sp³-hybridized carbons (Fsp3) is 0.333. The van der Waals surface area contributed by atoms with Crippen molar-refractivity contribution in [3.05, 3.63) is 29.1 Å². The van der Waals surface area contributed by atoms with E-state index in [-0.39, 0.29) is 5.41 Å². The first-order valence-electron chi connectivity index (χ1n) is 7.92. The molecule has 25 heavy (non-hydrogen) atoms. The number of aliphatic imine (C=N–C) groups is 1. The van der Waals surface area contributed by atoms with E-state index in [2.05, 4.69) is 47.4 Å². The average Bonchev–Trinajstić information content (AvgIpc) is 3.23. The van der Waals surface area contributed by atoms with E-state index < -0.39 is 0 Å². The smallest absolute Gasteiger partial charge is 0.213 e. The molecule has 0 saturated carbocycles. The summed E-state index contributed by atoms with van der Waals surface area (Å²) < 4.78 is 5.71. The number of hydrogen-bond donors (Lipinski definition) is 0. The molecule has 0 aliphatic heterocycles. The summed E-state index contributed by atoms with van der Waals surface area (Å²) in [6.45, 7) is 10.8. The maximum absolute atomic E-state index is 5.71. The molecule has 0 fully saturated rings. The average molecular weight is 373 g/mol. The summed E-state index contributed by atoms with van der Waals surface area (Å²) in [7, 11) is 0. The van der Waals surface area contributed by atoms with Crippen molar-refractivity contribution in [2.45, 2.75) is 27.2 Å². The maximum Gasteiger partial charge on any atom is 0.213 e. The van der Waals surface area contributed by atoms with Crippen LogP contribution in [0.4, 0.5) is 5.13 Å². The highest BCUT2D eigenvalue weighted by atomic mass is 32.1. The Kier molecular flexibility index (Phi) is 5.24. The third-order valence-corrected chi connectivity index (χ3v) is 5.14. The van der Waals surface area contributed by atoms with E-state index in [1.165, 1.54) is 11.3 Å². The minimum Gasteiger partial charge on any atom is -0.478 e. The van der Waals surface area contributed by atoms with Crippen LogP contribution < -0.4 is 4.74 Å². The first-order chi connectivity index (χ1) is 11.9. The Bertz CT molecular complexity index is 847. The van der Waals surface area contributed by atoms with Gasteiger partial charge in [0.25, 0.3) is 0 Å². The Hall–Kier alpha value is -2.12. The molecule has 0 saturated heterocycles. The van der Waals surface area contributed by atoms with Gasteiger partial charge in [0.15, 0.2) is 0 Å². The van der Waals surface area contributed by atoms with Crippen molar-refractivity contribution in [2.24, 2.45) is 10.4 Å². The Labute approximate surface area is 155 Å². The summed E-state index contributed by atoms with van der Waals surface area (Å²) >= 11 is 3.02. The van der Waals surface area contributed by atoms with Crippen molar-refractivity contribution in [1.82, 2.24) is 15.0 Å². The third kappa shape index (κ3) is 4.70. The molecule has 7 heteroatoms. The van der Waals surface area contributed by atoms with Crippen LogP contribution in [0.1, 0.15) is 27.2 Å². The molecular formula is C18H20N4OS2. The lowest BCUT2D eigenvalue weighted by atomic mass is 9.93. The monoisotopic (exact) mass is 372 g/mol. The third-order valence-electron chi connectivity index (χ3n) is 3.48.